The van der Waals surface area contributed by atoms with Crippen LogP contribution in [0.2, 0.25) is 10.0 Å². The summed E-state index contributed by atoms with van der Waals surface area (Å²) in [5.74, 6) is 0.900. The van der Waals surface area contributed by atoms with Crippen LogP contribution in [0.25, 0.3) is 0 Å². The SMILES string of the molecule is Nc1cc(Cl)ccc1NC(=O)CSCc1ccccc1Cl. The minimum absolute atomic E-state index is 0.110. The molecule has 0 bridgehead atoms. The molecule has 21 heavy (non-hydrogen) atoms. The predicted molar refractivity (Wildman–Crippen MR) is 92.1 cm³/mol. The molecule has 0 fully saturated rings. The van der Waals surface area contributed by atoms with Crippen molar-refractivity contribution in [3.63, 3.8) is 0 Å². The maximum atomic E-state index is 11.9. The predicted octanol–water partition coefficient (Wildman–Crippen LogP) is 4.45. The van der Waals surface area contributed by atoms with Crippen molar-refractivity contribution in [2.24, 2.45) is 0 Å². The molecule has 2 rings (SSSR count). The van der Waals surface area contributed by atoms with Crippen LogP contribution >= 0.6 is 35.0 Å². The number of carbonyl (C=O) groups is 1. The van der Waals surface area contributed by atoms with E-state index in [1.807, 2.05) is 24.3 Å². The van der Waals surface area contributed by atoms with Crippen LogP contribution in [0.3, 0.4) is 0 Å². The third kappa shape index (κ3) is 4.84. The Morgan fingerprint density at radius 1 is 1.19 bits per heavy atom. The summed E-state index contributed by atoms with van der Waals surface area (Å²) in [7, 11) is 0. The first-order valence-electron chi connectivity index (χ1n) is 6.22. The largest absolute Gasteiger partial charge is 0.397 e. The van der Waals surface area contributed by atoms with E-state index in [0.717, 1.165) is 5.56 Å². The quantitative estimate of drug-likeness (QED) is 0.790. The smallest absolute Gasteiger partial charge is 0.234 e. The molecule has 0 aliphatic heterocycles. The number of anilines is 2. The van der Waals surface area contributed by atoms with Crippen LogP contribution in [0.15, 0.2) is 42.5 Å². The fourth-order valence-electron chi connectivity index (χ4n) is 1.70. The maximum absolute atomic E-state index is 11.9. The summed E-state index contributed by atoms with van der Waals surface area (Å²) in [5, 5.41) is 4.02. The second-order valence-corrected chi connectivity index (χ2v) is 6.19. The Balaban J connectivity index is 1.84. The van der Waals surface area contributed by atoms with Crippen LogP contribution in [0.4, 0.5) is 11.4 Å². The Kier molecular flexibility index (Phi) is 5.79. The van der Waals surface area contributed by atoms with Crippen LogP contribution in [-0.4, -0.2) is 11.7 Å². The van der Waals surface area contributed by atoms with Gasteiger partial charge in [0, 0.05) is 15.8 Å². The number of amides is 1. The normalized spacial score (nSPS) is 10.4. The lowest BCUT2D eigenvalue weighted by Gasteiger charge is -2.08. The van der Waals surface area contributed by atoms with Gasteiger partial charge in [-0.15, -0.1) is 11.8 Å². The molecule has 2 aromatic rings. The molecule has 6 heteroatoms. The van der Waals surface area contributed by atoms with Gasteiger partial charge in [-0.3, -0.25) is 4.79 Å². The Morgan fingerprint density at radius 2 is 1.95 bits per heavy atom. The van der Waals surface area contributed by atoms with Gasteiger partial charge in [0.1, 0.15) is 0 Å². The summed E-state index contributed by atoms with van der Waals surface area (Å²) in [6.07, 6.45) is 0. The van der Waals surface area contributed by atoms with E-state index in [9.17, 15) is 4.79 Å². The Bertz CT molecular complexity index is 649. The molecule has 110 valence electrons. The van der Waals surface area contributed by atoms with Crippen molar-refractivity contribution in [2.45, 2.75) is 5.75 Å². The third-order valence-corrected chi connectivity index (χ3v) is 4.32. The Hall–Kier alpha value is -1.36. The highest BCUT2D eigenvalue weighted by Crippen LogP contribution is 2.24. The van der Waals surface area contributed by atoms with Crippen LogP contribution in [-0.2, 0) is 10.5 Å². The number of hydrogen-bond acceptors (Lipinski definition) is 3. The zero-order valence-corrected chi connectivity index (χ0v) is 13.4. The van der Waals surface area contributed by atoms with Crippen molar-refractivity contribution in [2.75, 3.05) is 16.8 Å². The summed E-state index contributed by atoms with van der Waals surface area (Å²) >= 11 is 13.4. The fourth-order valence-corrected chi connectivity index (χ4v) is 3.00. The first-order valence-corrected chi connectivity index (χ1v) is 8.13. The van der Waals surface area contributed by atoms with Crippen LogP contribution in [0.5, 0.6) is 0 Å². The molecule has 3 N–H and O–H groups in total. The van der Waals surface area contributed by atoms with Gasteiger partial charge in [-0.25, -0.2) is 0 Å². The van der Waals surface area contributed by atoms with Crippen LogP contribution in [0.1, 0.15) is 5.56 Å². The number of nitrogens with two attached hydrogens (primary N) is 1. The Morgan fingerprint density at radius 3 is 2.67 bits per heavy atom. The number of benzene rings is 2. The Labute approximate surface area is 137 Å². The summed E-state index contributed by atoms with van der Waals surface area (Å²) in [5.41, 5.74) is 7.83. The van der Waals surface area contributed by atoms with E-state index >= 15 is 0 Å². The average Bonchev–Trinajstić information content (AvgIpc) is 2.44. The van der Waals surface area contributed by atoms with Gasteiger partial charge in [0.15, 0.2) is 0 Å². The molecule has 0 heterocycles. The summed E-state index contributed by atoms with van der Waals surface area (Å²) in [4.78, 5) is 11.9. The number of nitrogens with one attached hydrogen (secondary N) is 1. The van der Waals surface area contributed by atoms with E-state index in [2.05, 4.69) is 5.32 Å². The number of thioether (sulfide) groups is 1. The minimum Gasteiger partial charge on any atom is -0.397 e. The number of rotatable bonds is 5. The molecule has 0 aromatic heterocycles. The van der Waals surface area contributed by atoms with Gasteiger partial charge in [-0.05, 0) is 29.8 Å². The molecule has 0 saturated heterocycles. The molecule has 0 radical (unpaired) electrons. The molecule has 1 amide bonds. The number of halogens is 2. The van der Waals surface area contributed by atoms with Crippen molar-refractivity contribution in [1.82, 2.24) is 0 Å². The van der Waals surface area contributed by atoms with Gasteiger partial charge in [0.2, 0.25) is 5.91 Å². The third-order valence-electron chi connectivity index (χ3n) is 2.74. The van der Waals surface area contributed by atoms with E-state index in [-0.39, 0.29) is 5.91 Å². The van der Waals surface area contributed by atoms with Gasteiger partial charge in [-0.2, -0.15) is 0 Å². The molecule has 0 aliphatic carbocycles. The van der Waals surface area contributed by atoms with Crippen molar-refractivity contribution in [3.8, 4) is 0 Å². The minimum atomic E-state index is -0.110. The highest BCUT2D eigenvalue weighted by atomic mass is 35.5. The first-order chi connectivity index (χ1) is 10.1. The summed E-state index contributed by atoms with van der Waals surface area (Å²) in [6.45, 7) is 0. The monoisotopic (exact) mass is 340 g/mol. The zero-order valence-electron chi connectivity index (χ0n) is 11.1. The lowest BCUT2D eigenvalue weighted by molar-refractivity contribution is -0.113. The van der Waals surface area contributed by atoms with Gasteiger partial charge >= 0.3 is 0 Å². The lowest BCUT2D eigenvalue weighted by Crippen LogP contribution is -2.15. The molecular formula is C15H14Cl2N2OS. The molecule has 0 aliphatic rings. The average molecular weight is 341 g/mol. The summed E-state index contributed by atoms with van der Waals surface area (Å²) < 4.78 is 0. The first kappa shape index (κ1) is 16.0. The van der Waals surface area contributed by atoms with Crippen molar-refractivity contribution >= 4 is 52.2 Å². The van der Waals surface area contributed by atoms with Gasteiger partial charge < -0.3 is 11.1 Å². The fraction of sp³-hybridized carbons (Fsp3) is 0.133. The number of hydrogen-bond donors (Lipinski definition) is 2. The molecule has 3 nitrogen and oxygen atoms in total. The highest BCUT2D eigenvalue weighted by molar-refractivity contribution is 7.99. The number of nitrogen functional groups attached to an aromatic ring is 1. The van der Waals surface area contributed by atoms with E-state index in [1.54, 1.807) is 18.2 Å². The maximum Gasteiger partial charge on any atom is 0.234 e. The van der Waals surface area contributed by atoms with Crippen LogP contribution < -0.4 is 11.1 Å². The second-order valence-electron chi connectivity index (χ2n) is 4.36. The molecule has 0 unspecified atom stereocenters. The van der Waals surface area contributed by atoms with Crippen molar-refractivity contribution in [1.29, 1.82) is 0 Å². The molecule has 0 atom stereocenters. The van der Waals surface area contributed by atoms with Gasteiger partial charge in [0.05, 0.1) is 17.1 Å². The number of carbonyl (C=O) groups excluding carboxylic acids is 1. The van der Waals surface area contributed by atoms with E-state index in [0.29, 0.717) is 32.9 Å². The lowest BCUT2D eigenvalue weighted by atomic mass is 10.2. The highest BCUT2D eigenvalue weighted by Gasteiger charge is 2.07. The molecule has 0 saturated carbocycles. The zero-order chi connectivity index (χ0) is 15.2. The van der Waals surface area contributed by atoms with Gasteiger partial charge in [-0.1, -0.05) is 41.4 Å². The van der Waals surface area contributed by atoms with Crippen LogP contribution in [0, 0.1) is 0 Å². The topological polar surface area (TPSA) is 55.1 Å². The molecular weight excluding hydrogens is 327 g/mol. The van der Waals surface area contributed by atoms with E-state index in [1.165, 1.54) is 11.8 Å². The van der Waals surface area contributed by atoms with Gasteiger partial charge in [0.25, 0.3) is 0 Å². The van der Waals surface area contributed by atoms with E-state index < -0.39 is 0 Å². The van der Waals surface area contributed by atoms with Crippen molar-refractivity contribution < 1.29 is 4.79 Å². The van der Waals surface area contributed by atoms with E-state index in [4.69, 9.17) is 28.9 Å². The molecule has 0 spiro atoms. The second kappa shape index (κ2) is 7.59. The molecule has 2 aromatic carbocycles. The standard InChI is InChI=1S/C15H14Cl2N2OS/c16-11-5-6-14(13(18)7-11)19-15(20)9-21-8-10-3-1-2-4-12(10)17/h1-7H,8-9,18H2,(H,19,20). The summed E-state index contributed by atoms with van der Waals surface area (Å²) in [6, 6.07) is 12.6. The van der Waals surface area contributed by atoms with Crippen molar-refractivity contribution in [3.05, 3.63) is 58.1 Å².